The Kier molecular flexibility index (Phi) is 4.53. The van der Waals surface area contributed by atoms with Crippen molar-refractivity contribution in [3.63, 3.8) is 0 Å². The SMILES string of the molecule is CS(=O)(=O)CCCn1cc(S(=O)(=O)Cl)c([N+](=O)[O-])n1. The highest BCUT2D eigenvalue weighted by Gasteiger charge is 2.29. The first-order valence-electron chi connectivity index (χ1n) is 4.85. The van der Waals surface area contributed by atoms with Gasteiger partial charge < -0.3 is 10.1 Å². The Morgan fingerprint density at radius 3 is 2.37 bits per heavy atom. The summed E-state index contributed by atoms with van der Waals surface area (Å²) in [7, 11) is -2.40. The van der Waals surface area contributed by atoms with Crippen LogP contribution < -0.4 is 0 Å². The lowest BCUT2D eigenvalue weighted by Gasteiger charge is -1.96. The van der Waals surface area contributed by atoms with E-state index in [4.69, 9.17) is 10.7 Å². The van der Waals surface area contributed by atoms with Gasteiger partial charge in [0, 0.05) is 16.9 Å². The van der Waals surface area contributed by atoms with Crippen LogP contribution in [-0.4, -0.2) is 43.5 Å². The van der Waals surface area contributed by atoms with Crippen LogP contribution in [0.5, 0.6) is 0 Å². The number of hydrogen-bond acceptors (Lipinski definition) is 7. The topological polar surface area (TPSA) is 129 Å². The van der Waals surface area contributed by atoms with E-state index >= 15 is 0 Å². The molecule has 1 rings (SSSR count). The summed E-state index contributed by atoms with van der Waals surface area (Å²) in [5.41, 5.74) is 0. The third-order valence-electron chi connectivity index (χ3n) is 2.05. The van der Waals surface area contributed by atoms with Crippen LogP contribution >= 0.6 is 10.7 Å². The third-order valence-corrected chi connectivity index (χ3v) is 4.39. The van der Waals surface area contributed by atoms with E-state index in [-0.39, 0.29) is 18.7 Å². The second-order valence-corrected chi connectivity index (χ2v) is 8.55. The van der Waals surface area contributed by atoms with E-state index in [1.54, 1.807) is 0 Å². The maximum absolute atomic E-state index is 11.1. The molecule has 1 aromatic rings. The van der Waals surface area contributed by atoms with Crippen LogP contribution in [0.1, 0.15) is 6.42 Å². The van der Waals surface area contributed by atoms with Crippen molar-refractivity contribution in [1.29, 1.82) is 0 Å². The number of aryl methyl sites for hydroxylation is 1. The minimum Gasteiger partial charge on any atom is -0.358 e. The highest BCUT2D eigenvalue weighted by Crippen LogP contribution is 2.24. The predicted molar refractivity (Wildman–Crippen MR) is 66.2 cm³/mol. The van der Waals surface area contributed by atoms with Crippen LogP contribution in [0.4, 0.5) is 5.82 Å². The van der Waals surface area contributed by atoms with Gasteiger partial charge in [-0.05, 0) is 11.3 Å². The molecule has 108 valence electrons. The van der Waals surface area contributed by atoms with Gasteiger partial charge in [0.1, 0.15) is 9.84 Å². The molecule has 0 atom stereocenters. The lowest BCUT2D eigenvalue weighted by atomic mass is 10.5. The highest BCUT2D eigenvalue weighted by atomic mass is 35.7. The van der Waals surface area contributed by atoms with Gasteiger partial charge in [-0.2, -0.15) is 4.68 Å². The molecule has 0 radical (unpaired) electrons. The molecule has 0 aliphatic rings. The van der Waals surface area contributed by atoms with E-state index in [1.165, 1.54) is 0 Å². The van der Waals surface area contributed by atoms with E-state index in [1.807, 2.05) is 0 Å². The Morgan fingerprint density at radius 1 is 1.42 bits per heavy atom. The zero-order chi connectivity index (χ0) is 14.8. The molecule has 9 nitrogen and oxygen atoms in total. The number of hydrogen-bond donors (Lipinski definition) is 0. The second-order valence-electron chi connectivity index (χ2n) is 3.76. The van der Waals surface area contributed by atoms with Crippen LogP contribution in [0.25, 0.3) is 0 Å². The summed E-state index contributed by atoms with van der Waals surface area (Å²) in [5, 5.41) is 14.1. The summed E-state index contributed by atoms with van der Waals surface area (Å²) in [6.07, 6.45) is 2.11. The molecular weight excluding hydrogens is 322 g/mol. The Hall–Kier alpha value is -1.20. The van der Waals surface area contributed by atoms with Crippen LogP contribution in [0, 0.1) is 10.1 Å². The van der Waals surface area contributed by atoms with E-state index in [2.05, 4.69) is 5.10 Å². The van der Waals surface area contributed by atoms with Crippen molar-refractivity contribution < 1.29 is 21.8 Å². The van der Waals surface area contributed by atoms with Gasteiger partial charge in [-0.3, -0.25) is 0 Å². The molecule has 0 amide bonds. The standard InChI is InChI=1S/C7H10ClN3O6S2/c1-18(14,15)4-2-3-10-5-6(19(8,16)17)7(9-10)11(12)13/h5H,2-4H2,1H3. The summed E-state index contributed by atoms with van der Waals surface area (Å²) in [4.78, 5) is 8.95. The van der Waals surface area contributed by atoms with Gasteiger partial charge in [0.25, 0.3) is 9.05 Å². The van der Waals surface area contributed by atoms with Crippen LogP contribution in [-0.2, 0) is 25.4 Å². The number of rotatable bonds is 6. The maximum Gasteiger partial charge on any atom is 0.410 e. The lowest BCUT2D eigenvalue weighted by Crippen LogP contribution is -2.08. The summed E-state index contributed by atoms with van der Waals surface area (Å²) in [6.45, 7) is 0.0281. The van der Waals surface area contributed by atoms with Crippen molar-refractivity contribution >= 4 is 35.4 Å². The van der Waals surface area contributed by atoms with Crippen molar-refractivity contribution in [3.8, 4) is 0 Å². The summed E-state index contributed by atoms with van der Waals surface area (Å²) in [6, 6.07) is 0. The monoisotopic (exact) mass is 331 g/mol. The minimum atomic E-state index is -4.28. The second kappa shape index (κ2) is 5.43. The Balaban J connectivity index is 2.97. The van der Waals surface area contributed by atoms with Gasteiger partial charge in [0.2, 0.25) is 4.90 Å². The van der Waals surface area contributed by atoms with Crippen molar-refractivity contribution in [2.24, 2.45) is 0 Å². The quantitative estimate of drug-likeness (QED) is 0.412. The lowest BCUT2D eigenvalue weighted by molar-refractivity contribution is -0.392. The van der Waals surface area contributed by atoms with Gasteiger partial charge in [-0.25, -0.2) is 16.8 Å². The first-order chi connectivity index (χ1) is 8.50. The van der Waals surface area contributed by atoms with Crippen molar-refractivity contribution in [2.45, 2.75) is 17.9 Å². The van der Waals surface area contributed by atoms with Gasteiger partial charge in [0.15, 0.2) is 0 Å². The maximum atomic E-state index is 11.1. The average molecular weight is 332 g/mol. The van der Waals surface area contributed by atoms with Crippen molar-refractivity contribution in [1.82, 2.24) is 9.78 Å². The number of nitro groups is 1. The molecule has 0 bridgehead atoms. The molecule has 1 aromatic heterocycles. The summed E-state index contributed by atoms with van der Waals surface area (Å²) in [5.74, 6) is -1.02. The predicted octanol–water partition coefficient (Wildman–Crippen LogP) is 0.154. The molecule has 0 saturated heterocycles. The molecule has 12 heteroatoms. The minimum absolute atomic E-state index is 0.0281. The van der Waals surface area contributed by atoms with E-state index in [0.29, 0.717) is 0 Å². The first-order valence-corrected chi connectivity index (χ1v) is 9.22. The number of sulfone groups is 1. The molecule has 0 unspecified atom stereocenters. The van der Waals surface area contributed by atoms with Crippen LogP contribution in [0.3, 0.4) is 0 Å². The van der Waals surface area contributed by atoms with Gasteiger partial charge in [-0.15, -0.1) is 0 Å². The molecule has 0 aromatic carbocycles. The molecule has 0 N–H and O–H groups in total. The molecule has 1 heterocycles. The molecular formula is C7H10ClN3O6S2. The average Bonchev–Trinajstić information content (AvgIpc) is 2.59. The summed E-state index contributed by atoms with van der Waals surface area (Å²) < 4.78 is 45.0. The Labute approximate surface area is 113 Å². The Morgan fingerprint density at radius 2 is 2.00 bits per heavy atom. The fraction of sp³-hybridized carbons (Fsp3) is 0.571. The third kappa shape index (κ3) is 4.76. The molecule has 0 saturated carbocycles. The highest BCUT2D eigenvalue weighted by molar-refractivity contribution is 8.13. The zero-order valence-corrected chi connectivity index (χ0v) is 12.1. The van der Waals surface area contributed by atoms with E-state index in [9.17, 15) is 26.9 Å². The van der Waals surface area contributed by atoms with E-state index < -0.39 is 34.5 Å². The normalized spacial score (nSPS) is 12.5. The number of aromatic nitrogens is 2. The van der Waals surface area contributed by atoms with Crippen molar-refractivity contribution in [2.75, 3.05) is 12.0 Å². The fourth-order valence-electron chi connectivity index (χ4n) is 1.29. The first kappa shape index (κ1) is 15.9. The molecule has 0 spiro atoms. The number of nitrogens with zero attached hydrogens (tertiary/aromatic N) is 3. The molecule has 0 aliphatic carbocycles. The molecule has 19 heavy (non-hydrogen) atoms. The van der Waals surface area contributed by atoms with Gasteiger partial charge in [-0.1, -0.05) is 0 Å². The zero-order valence-electron chi connectivity index (χ0n) is 9.68. The van der Waals surface area contributed by atoms with Gasteiger partial charge >= 0.3 is 5.82 Å². The Bertz CT molecular complexity index is 692. The molecule has 0 fully saturated rings. The van der Waals surface area contributed by atoms with Gasteiger partial charge in [0.05, 0.1) is 23.6 Å². The largest absolute Gasteiger partial charge is 0.410 e. The fourth-order valence-corrected chi connectivity index (χ4v) is 2.86. The van der Waals surface area contributed by atoms with E-state index in [0.717, 1.165) is 17.1 Å². The number of halogens is 1. The molecule has 0 aliphatic heterocycles. The smallest absolute Gasteiger partial charge is 0.358 e. The van der Waals surface area contributed by atoms with Crippen molar-refractivity contribution in [3.05, 3.63) is 16.3 Å². The summed E-state index contributed by atoms with van der Waals surface area (Å²) >= 11 is 0. The van der Waals surface area contributed by atoms with Crippen LogP contribution in [0.15, 0.2) is 11.1 Å². The van der Waals surface area contributed by atoms with Crippen LogP contribution in [0.2, 0.25) is 0 Å².